The Morgan fingerprint density at radius 2 is 2.64 bits per heavy atom. The first-order valence-corrected chi connectivity index (χ1v) is 3.33. The van der Waals surface area contributed by atoms with Gasteiger partial charge in [0.25, 0.3) is 0 Å². The lowest BCUT2D eigenvalue weighted by Gasteiger charge is -2.00. The highest BCUT2D eigenvalue weighted by Gasteiger charge is 2.01. The van der Waals surface area contributed by atoms with Crippen LogP contribution in [0.1, 0.15) is 6.92 Å². The molecule has 0 radical (unpaired) electrons. The third kappa shape index (κ3) is 1.97. The lowest BCUT2D eigenvalue weighted by atomic mass is 10.2. The van der Waals surface area contributed by atoms with Crippen LogP contribution in [0.2, 0.25) is 0 Å². The average molecular weight is 151 g/mol. The second kappa shape index (κ2) is 3.06. The van der Waals surface area contributed by atoms with Crippen LogP contribution in [-0.2, 0) is 6.54 Å². The zero-order chi connectivity index (χ0) is 8.27. The molecule has 1 N–H and O–H groups in total. The van der Waals surface area contributed by atoms with Crippen molar-refractivity contribution in [3.63, 3.8) is 0 Å². The summed E-state index contributed by atoms with van der Waals surface area (Å²) in [4.78, 5) is 0. The predicted octanol–water partition coefficient (Wildman–Crippen LogP) is 0.748. The SMILES string of the molecule is CC(C#N)Cn1cc(O)cn1. The van der Waals surface area contributed by atoms with E-state index in [1.807, 2.05) is 0 Å². The van der Waals surface area contributed by atoms with E-state index in [1.54, 1.807) is 11.6 Å². The molecule has 1 rings (SSSR count). The number of aromatic hydroxyl groups is 1. The van der Waals surface area contributed by atoms with Crippen LogP contribution in [0.15, 0.2) is 12.4 Å². The number of aromatic nitrogens is 2. The molecule has 0 saturated heterocycles. The van der Waals surface area contributed by atoms with Crippen LogP contribution >= 0.6 is 0 Å². The molecule has 4 nitrogen and oxygen atoms in total. The Bertz CT molecular complexity index is 273. The zero-order valence-electron chi connectivity index (χ0n) is 6.23. The summed E-state index contributed by atoms with van der Waals surface area (Å²) in [5.74, 6) is 0.0597. The highest BCUT2D eigenvalue weighted by atomic mass is 16.3. The van der Waals surface area contributed by atoms with E-state index in [-0.39, 0.29) is 11.7 Å². The van der Waals surface area contributed by atoms with Gasteiger partial charge in [0.2, 0.25) is 0 Å². The smallest absolute Gasteiger partial charge is 0.153 e. The Morgan fingerprint density at radius 3 is 3.09 bits per heavy atom. The van der Waals surface area contributed by atoms with E-state index in [0.717, 1.165) is 0 Å². The highest BCUT2D eigenvalue weighted by molar-refractivity contribution is 5.08. The maximum absolute atomic E-state index is 8.87. The van der Waals surface area contributed by atoms with Crippen molar-refractivity contribution in [1.29, 1.82) is 5.26 Å². The number of rotatable bonds is 2. The number of nitriles is 1. The van der Waals surface area contributed by atoms with Gasteiger partial charge in [0.05, 0.1) is 30.9 Å². The summed E-state index contributed by atoms with van der Waals surface area (Å²) in [6.45, 7) is 2.33. The lowest BCUT2D eigenvalue weighted by molar-refractivity contribution is 0.470. The van der Waals surface area contributed by atoms with Crippen molar-refractivity contribution in [2.24, 2.45) is 5.92 Å². The minimum absolute atomic E-state index is 0.0747. The highest BCUT2D eigenvalue weighted by Crippen LogP contribution is 2.06. The van der Waals surface area contributed by atoms with Gasteiger partial charge in [0.1, 0.15) is 0 Å². The minimum Gasteiger partial charge on any atom is -0.505 e. The van der Waals surface area contributed by atoms with Gasteiger partial charge in [-0.05, 0) is 6.92 Å². The fourth-order valence-electron chi connectivity index (χ4n) is 0.774. The molecule has 0 aliphatic rings. The normalized spacial score (nSPS) is 12.4. The second-order valence-corrected chi connectivity index (χ2v) is 2.45. The maximum Gasteiger partial charge on any atom is 0.153 e. The molecule has 58 valence electrons. The predicted molar refractivity (Wildman–Crippen MR) is 38.7 cm³/mol. The van der Waals surface area contributed by atoms with Crippen LogP contribution in [0.5, 0.6) is 5.75 Å². The fourth-order valence-corrected chi connectivity index (χ4v) is 0.774. The molecule has 11 heavy (non-hydrogen) atoms. The molecule has 0 bridgehead atoms. The first kappa shape index (κ1) is 7.61. The second-order valence-electron chi connectivity index (χ2n) is 2.45. The largest absolute Gasteiger partial charge is 0.505 e. The summed E-state index contributed by atoms with van der Waals surface area (Å²) in [7, 11) is 0. The summed E-state index contributed by atoms with van der Waals surface area (Å²) in [6.07, 6.45) is 2.85. The van der Waals surface area contributed by atoms with Gasteiger partial charge in [-0.1, -0.05) is 0 Å². The van der Waals surface area contributed by atoms with Crippen LogP contribution in [0.3, 0.4) is 0 Å². The minimum atomic E-state index is -0.0747. The van der Waals surface area contributed by atoms with Crippen LogP contribution < -0.4 is 0 Å². The van der Waals surface area contributed by atoms with Crippen LogP contribution in [-0.4, -0.2) is 14.9 Å². The van der Waals surface area contributed by atoms with Crippen molar-refractivity contribution in [3.8, 4) is 11.8 Å². The third-order valence-electron chi connectivity index (χ3n) is 1.30. The van der Waals surface area contributed by atoms with Gasteiger partial charge in [-0.15, -0.1) is 0 Å². The van der Waals surface area contributed by atoms with Crippen molar-refractivity contribution in [2.75, 3.05) is 0 Å². The molecular weight excluding hydrogens is 142 g/mol. The zero-order valence-corrected chi connectivity index (χ0v) is 6.23. The summed E-state index contributed by atoms with van der Waals surface area (Å²) >= 11 is 0. The molecule has 1 atom stereocenters. The van der Waals surface area contributed by atoms with Gasteiger partial charge in [-0.25, -0.2) is 0 Å². The summed E-state index contributed by atoms with van der Waals surface area (Å²) < 4.78 is 1.54. The molecule has 0 fully saturated rings. The van der Waals surface area contributed by atoms with Crippen molar-refractivity contribution in [2.45, 2.75) is 13.5 Å². The Balaban J connectivity index is 2.59. The van der Waals surface area contributed by atoms with E-state index in [1.165, 1.54) is 12.4 Å². The van der Waals surface area contributed by atoms with Crippen LogP contribution in [0.4, 0.5) is 0 Å². The molecular formula is C7H9N3O. The van der Waals surface area contributed by atoms with E-state index in [0.29, 0.717) is 6.54 Å². The molecule has 1 heterocycles. The quantitative estimate of drug-likeness (QED) is 0.678. The van der Waals surface area contributed by atoms with E-state index < -0.39 is 0 Å². The van der Waals surface area contributed by atoms with Gasteiger partial charge < -0.3 is 5.11 Å². The number of hydrogen-bond donors (Lipinski definition) is 1. The molecule has 0 aromatic carbocycles. The number of hydrogen-bond acceptors (Lipinski definition) is 3. The lowest BCUT2D eigenvalue weighted by Crippen LogP contribution is -2.05. The van der Waals surface area contributed by atoms with Crippen LogP contribution in [0, 0.1) is 17.2 Å². The molecule has 1 unspecified atom stereocenters. The Labute approximate surface area is 64.7 Å². The van der Waals surface area contributed by atoms with Gasteiger partial charge in [-0.3, -0.25) is 4.68 Å². The molecule has 4 heteroatoms. The topological polar surface area (TPSA) is 61.8 Å². The molecule has 1 aromatic heterocycles. The van der Waals surface area contributed by atoms with Gasteiger partial charge >= 0.3 is 0 Å². The Morgan fingerprint density at radius 1 is 1.91 bits per heavy atom. The third-order valence-corrected chi connectivity index (χ3v) is 1.30. The summed E-state index contributed by atoms with van der Waals surface area (Å²) in [5, 5.41) is 21.1. The maximum atomic E-state index is 8.87. The first-order valence-electron chi connectivity index (χ1n) is 3.33. The van der Waals surface area contributed by atoms with Crippen LogP contribution in [0.25, 0.3) is 0 Å². The van der Waals surface area contributed by atoms with E-state index >= 15 is 0 Å². The Hall–Kier alpha value is -1.50. The summed E-state index contributed by atoms with van der Waals surface area (Å²) in [5.41, 5.74) is 0. The first-order chi connectivity index (χ1) is 5.22. The van der Waals surface area contributed by atoms with Crippen molar-refractivity contribution in [3.05, 3.63) is 12.4 Å². The Kier molecular flexibility index (Phi) is 2.12. The van der Waals surface area contributed by atoms with Gasteiger partial charge in [0, 0.05) is 0 Å². The standard InChI is InChI=1S/C7H9N3O/c1-6(2-8)4-10-5-7(11)3-9-10/h3,5-6,11H,4H2,1H3. The van der Waals surface area contributed by atoms with Gasteiger partial charge in [-0.2, -0.15) is 10.4 Å². The fraction of sp³-hybridized carbons (Fsp3) is 0.429. The summed E-state index contributed by atoms with van der Waals surface area (Å²) in [6, 6.07) is 2.08. The van der Waals surface area contributed by atoms with E-state index in [2.05, 4.69) is 11.2 Å². The van der Waals surface area contributed by atoms with Crippen molar-refractivity contribution < 1.29 is 5.11 Å². The van der Waals surface area contributed by atoms with E-state index in [9.17, 15) is 0 Å². The number of nitrogens with zero attached hydrogens (tertiary/aromatic N) is 3. The molecule has 0 saturated carbocycles. The van der Waals surface area contributed by atoms with Crippen molar-refractivity contribution in [1.82, 2.24) is 9.78 Å². The molecule has 0 aliphatic carbocycles. The molecule has 0 spiro atoms. The van der Waals surface area contributed by atoms with Crippen molar-refractivity contribution >= 4 is 0 Å². The van der Waals surface area contributed by atoms with Gasteiger partial charge in [0.15, 0.2) is 5.75 Å². The average Bonchev–Trinajstić information content (AvgIpc) is 2.35. The van der Waals surface area contributed by atoms with E-state index in [4.69, 9.17) is 10.4 Å². The molecule has 1 aromatic rings. The monoisotopic (exact) mass is 151 g/mol. The molecule has 0 amide bonds. The molecule has 0 aliphatic heterocycles.